The fraction of sp³-hybridized carbons (Fsp3) is 0.368. The Morgan fingerprint density at radius 2 is 2.20 bits per heavy atom. The smallest absolute Gasteiger partial charge is 0.259 e. The number of carbonyl (C=O) groups is 1. The van der Waals surface area contributed by atoms with E-state index in [2.05, 4.69) is 4.98 Å². The molecule has 0 N–H and O–H groups in total. The molecule has 0 aliphatic carbocycles. The number of nitrogens with zero attached hydrogens (tertiary/aromatic N) is 2. The predicted octanol–water partition coefficient (Wildman–Crippen LogP) is 2.91. The molecule has 0 bridgehead atoms. The quantitative estimate of drug-likeness (QED) is 0.808. The van der Waals surface area contributed by atoms with Gasteiger partial charge < -0.3 is 14.4 Å². The molecule has 3 rings (SSSR count). The van der Waals surface area contributed by atoms with E-state index in [0.717, 1.165) is 13.0 Å². The number of carbonyl (C=O) groups excluding carboxylic acids is 1. The maximum absolute atomic E-state index is 13.7. The second kappa shape index (κ2) is 8.07. The van der Waals surface area contributed by atoms with E-state index >= 15 is 0 Å². The highest BCUT2D eigenvalue weighted by atomic mass is 19.1. The molecule has 0 unspecified atom stereocenters. The molecule has 1 aliphatic rings. The van der Waals surface area contributed by atoms with Crippen LogP contribution in [0.4, 0.5) is 4.39 Å². The number of hydrogen-bond acceptors (Lipinski definition) is 4. The zero-order valence-corrected chi connectivity index (χ0v) is 14.2. The average molecular weight is 344 g/mol. The second-order valence-corrected chi connectivity index (χ2v) is 6.15. The van der Waals surface area contributed by atoms with E-state index in [0.29, 0.717) is 30.2 Å². The third kappa shape index (κ3) is 4.33. The summed E-state index contributed by atoms with van der Waals surface area (Å²) in [4.78, 5) is 18.5. The third-order valence-electron chi connectivity index (χ3n) is 4.23. The van der Waals surface area contributed by atoms with Crippen molar-refractivity contribution in [2.45, 2.75) is 13.0 Å². The van der Waals surface area contributed by atoms with Gasteiger partial charge in [-0.3, -0.25) is 4.79 Å². The van der Waals surface area contributed by atoms with Crippen LogP contribution in [0.3, 0.4) is 0 Å². The summed E-state index contributed by atoms with van der Waals surface area (Å²) in [6.07, 6.45) is 2.51. The second-order valence-electron chi connectivity index (χ2n) is 6.15. The average Bonchev–Trinajstić information content (AvgIpc) is 3.13. The first-order valence-corrected chi connectivity index (χ1v) is 8.29. The van der Waals surface area contributed by atoms with Crippen LogP contribution in [-0.4, -0.2) is 42.6 Å². The van der Waals surface area contributed by atoms with Gasteiger partial charge in [-0.05, 0) is 24.6 Å². The van der Waals surface area contributed by atoms with Gasteiger partial charge in [0.1, 0.15) is 18.0 Å². The van der Waals surface area contributed by atoms with Crippen molar-refractivity contribution in [1.82, 2.24) is 9.88 Å². The van der Waals surface area contributed by atoms with Crippen molar-refractivity contribution in [3.63, 3.8) is 0 Å². The summed E-state index contributed by atoms with van der Waals surface area (Å²) in [5.41, 5.74) is 0.795. The first kappa shape index (κ1) is 17.4. The van der Waals surface area contributed by atoms with E-state index in [1.807, 2.05) is 0 Å². The van der Waals surface area contributed by atoms with Crippen molar-refractivity contribution >= 4 is 5.91 Å². The van der Waals surface area contributed by atoms with Crippen LogP contribution in [0.1, 0.15) is 22.3 Å². The molecule has 0 radical (unpaired) electrons. The maximum atomic E-state index is 13.7. The van der Waals surface area contributed by atoms with Crippen LogP contribution in [-0.2, 0) is 11.3 Å². The van der Waals surface area contributed by atoms with Gasteiger partial charge in [0.15, 0.2) is 0 Å². The van der Waals surface area contributed by atoms with Gasteiger partial charge in [-0.2, -0.15) is 0 Å². The first-order chi connectivity index (χ1) is 12.1. The molecule has 6 heteroatoms. The molecule has 1 amide bonds. The lowest BCUT2D eigenvalue weighted by atomic mass is 10.1. The van der Waals surface area contributed by atoms with E-state index in [4.69, 9.17) is 9.47 Å². The molecule has 1 aliphatic heterocycles. The summed E-state index contributed by atoms with van der Waals surface area (Å²) in [5, 5.41) is 0. The summed E-state index contributed by atoms with van der Waals surface area (Å²) in [5.74, 6) is 0.0619. The molecule has 1 aromatic heterocycles. The molecular formula is C19H21FN2O3. The number of benzene rings is 1. The zero-order chi connectivity index (χ0) is 17.6. The van der Waals surface area contributed by atoms with E-state index in [9.17, 15) is 9.18 Å². The van der Waals surface area contributed by atoms with Gasteiger partial charge in [-0.1, -0.05) is 18.2 Å². The summed E-state index contributed by atoms with van der Waals surface area (Å²) < 4.78 is 24.7. The fourth-order valence-corrected chi connectivity index (χ4v) is 2.83. The predicted molar refractivity (Wildman–Crippen MR) is 90.9 cm³/mol. The molecule has 2 heterocycles. The summed E-state index contributed by atoms with van der Waals surface area (Å²) in [6.45, 7) is 2.07. The fourth-order valence-electron chi connectivity index (χ4n) is 2.83. The van der Waals surface area contributed by atoms with E-state index in [-0.39, 0.29) is 24.2 Å². The van der Waals surface area contributed by atoms with Crippen molar-refractivity contribution in [2.75, 3.05) is 26.8 Å². The number of halogens is 1. The number of hydrogen-bond donors (Lipinski definition) is 0. The molecule has 1 saturated heterocycles. The SMILES string of the molecule is CN(C[C@@H]1CCOC1)C(=O)c1cccnc1OCc1ccccc1F. The number of pyridine rings is 1. The Morgan fingerprint density at radius 3 is 2.96 bits per heavy atom. The summed E-state index contributed by atoms with van der Waals surface area (Å²) >= 11 is 0. The largest absolute Gasteiger partial charge is 0.472 e. The lowest BCUT2D eigenvalue weighted by Gasteiger charge is -2.21. The Morgan fingerprint density at radius 1 is 1.36 bits per heavy atom. The maximum Gasteiger partial charge on any atom is 0.259 e. The highest BCUT2D eigenvalue weighted by molar-refractivity contribution is 5.96. The van der Waals surface area contributed by atoms with Crippen molar-refractivity contribution in [1.29, 1.82) is 0 Å². The van der Waals surface area contributed by atoms with Crippen molar-refractivity contribution in [3.05, 3.63) is 59.5 Å². The normalized spacial score (nSPS) is 16.6. The van der Waals surface area contributed by atoms with Gasteiger partial charge in [0, 0.05) is 37.9 Å². The molecule has 0 saturated carbocycles. The Hall–Kier alpha value is -2.47. The molecule has 1 fully saturated rings. The number of aromatic nitrogens is 1. The van der Waals surface area contributed by atoms with Crippen LogP contribution in [0, 0.1) is 11.7 Å². The zero-order valence-electron chi connectivity index (χ0n) is 14.2. The lowest BCUT2D eigenvalue weighted by Crippen LogP contribution is -2.32. The van der Waals surface area contributed by atoms with E-state index in [1.54, 1.807) is 48.5 Å². The van der Waals surface area contributed by atoms with Crippen molar-refractivity contribution in [2.24, 2.45) is 5.92 Å². The molecule has 1 atom stereocenters. The molecule has 1 aromatic carbocycles. The van der Waals surface area contributed by atoms with Crippen LogP contribution in [0.5, 0.6) is 5.88 Å². The molecule has 132 valence electrons. The number of rotatable bonds is 6. The summed E-state index contributed by atoms with van der Waals surface area (Å²) in [6, 6.07) is 9.75. The van der Waals surface area contributed by atoms with Crippen LogP contribution >= 0.6 is 0 Å². The van der Waals surface area contributed by atoms with Gasteiger partial charge in [-0.15, -0.1) is 0 Å². The van der Waals surface area contributed by atoms with Gasteiger partial charge in [-0.25, -0.2) is 9.37 Å². The highest BCUT2D eigenvalue weighted by Gasteiger charge is 2.23. The monoisotopic (exact) mass is 344 g/mol. The summed E-state index contributed by atoms with van der Waals surface area (Å²) in [7, 11) is 1.76. The molecule has 2 aromatic rings. The van der Waals surface area contributed by atoms with Gasteiger partial charge in [0.05, 0.1) is 6.61 Å². The standard InChI is InChI=1S/C19H21FN2O3/c1-22(11-14-8-10-24-12-14)19(23)16-6-4-9-21-18(16)25-13-15-5-2-3-7-17(15)20/h2-7,9,14H,8,10-13H2,1H3/t14-/m0/s1. The van der Waals surface area contributed by atoms with Gasteiger partial charge >= 0.3 is 0 Å². The van der Waals surface area contributed by atoms with Crippen molar-refractivity contribution < 1.29 is 18.7 Å². The molecule has 0 spiro atoms. The molecular weight excluding hydrogens is 323 g/mol. The van der Waals surface area contributed by atoms with Crippen LogP contribution in [0.2, 0.25) is 0 Å². The van der Waals surface area contributed by atoms with Crippen LogP contribution in [0.25, 0.3) is 0 Å². The molecule has 25 heavy (non-hydrogen) atoms. The Bertz CT molecular complexity index is 732. The lowest BCUT2D eigenvalue weighted by molar-refractivity contribution is 0.0760. The Labute approximate surface area is 146 Å². The Kier molecular flexibility index (Phi) is 5.60. The minimum absolute atomic E-state index is 0.0180. The van der Waals surface area contributed by atoms with E-state index in [1.165, 1.54) is 6.07 Å². The van der Waals surface area contributed by atoms with Crippen LogP contribution < -0.4 is 4.74 Å². The highest BCUT2D eigenvalue weighted by Crippen LogP contribution is 2.20. The first-order valence-electron chi connectivity index (χ1n) is 8.29. The topological polar surface area (TPSA) is 51.7 Å². The minimum Gasteiger partial charge on any atom is -0.472 e. The number of ether oxygens (including phenoxy) is 2. The van der Waals surface area contributed by atoms with Gasteiger partial charge in [0.25, 0.3) is 5.91 Å². The molecule has 5 nitrogen and oxygen atoms in total. The third-order valence-corrected chi connectivity index (χ3v) is 4.23. The van der Waals surface area contributed by atoms with E-state index < -0.39 is 0 Å². The minimum atomic E-state index is -0.343. The van der Waals surface area contributed by atoms with Gasteiger partial charge in [0.2, 0.25) is 5.88 Å². The number of amides is 1. The Balaban J connectivity index is 1.69. The van der Waals surface area contributed by atoms with Crippen molar-refractivity contribution in [3.8, 4) is 5.88 Å². The van der Waals surface area contributed by atoms with Crippen LogP contribution in [0.15, 0.2) is 42.6 Å².